The van der Waals surface area contributed by atoms with Crippen molar-refractivity contribution in [1.29, 1.82) is 0 Å². The number of alkyl halides is 3. The van der Waals surface area contributed by atoms with E-state index in [4.69, 9.17) is 5.11 Å². The van der Waals surface area contributed by atoms with Crippen LogP contribution in [0.5, 0.6) is 0 Å². The number of nitrogens with one attached hydrogen (secondary N) is 1. The van der Waals surface area contributed by atoms with E-state index in [9.17, 15) is 18.0 Å². The quantitative estimate of drug-likeness (QED) is 0.682. The Bertz CT molecular complexity index is 204. The monoisotopic (exact) mass is 227 g/mol. The van der Waals surface area contributed by atoms with Crippen LogP contribution in [0.25, 0.3) is 0 Å². The van der Waals surface area contributed by atoms with Gasteiger partial charge in [0.05, 0.1) is 0 Å². The number of hydrogen-bond donors (Lipinski definition) is 2. The van der Waals surface area contributed by atoms with Crippen LogP contribution in [0.1, 0.15) is 26.7 Å². The Labute approximate surface area is 86.7 Å². The van der Waals surface area contributed by atoms with Crippen molar-refractivity contribution in [2.45, 2.75) is 38.9 Å². The van der Waals surface area contributed by atoms with Gasteiger partial charge in [0.15, 0.2) is 0 Å². The predicted molar refractivity (Wildman–Crippen MR) is 49.6 cm³/mol. The molecule has 1 atom stereocenters. The number of aliphatic carboxylic acids is 1. The maximum Gasteiger partial charge on any atom is 0.389 e. The number of carboxylic acids is 1. The molecule has 0 aromatic heterocycles. The van der Waals surface area contributed by atoms with Crippen molar-refractivity contribution in [2.75, 3.05) is 6.54 Å². The van der Waals surface area contributed by atoms with Crippen molar-refractivity contribution >= 4 is 5.97 Å². The van der Waals surface area contributed by atoms with E-state index in [1.165, 1.54) is 0 Å². The van der Waals surface area contributed by atoms with Gasteiger partial charge in [-0.3, -0.25) is 4.79 Å². The third kappa shape index (κ3) is 7.18. The number of carboxylic acid groups (broad SMARTS) is 1. The first kappa shape index (κ1) is 14.2. The van der Waals surface area contributed by atoms with Crippen molar-refractivity contribution < 1.29 is 23.1 Å². The third-order valence-corrected chi connectivity index (χ3v) is 1.93. The first-order valence-electron chi connectivity index (χ1n) is 4.77. The molecule has 0 saturated heterocycles. The minimum Gasteiger partial charge on any atom is -0.480 e. The summed E-state index contributed by atoms with van der Waals surface area (Å²) in [7, 11) is 0. The summed E-state index contributed by atoms with van der Waals surface area (Å²) in [5, 5.41) is 11.3. The van der Waals surface area contributed by atoms with E-state index in [1.807, 2.05) is 0 Å². The lowest BCUT2D eigenvalue weighted by atomic mass is 10.0. The predicted octanol–water partition coefficient (Wildman–Crippen LogP) is 2.03. The summed E-state index contributed by atoms with van der Waals surface area (Å²) in [5.41, 5.74) is 0. The molecule has 90 valence electrons. The summed E-state index contributed by atoms with van der Waals surface area (Å²) >= 11 is 0. The first-order valence-corrected chi connectivity index (χ1v) is 4.77. The van der Waals surface area contributed by atoms with Crippen molar-refractivity contribution in [3.8, 4) is 0 Å². The largest absolute Gasteiger partial charge is 0.480 e. The molecule has 15 heavy (non-hydrogen) atoms. The lowest BCUT2D eigenvalue weighted by molar-refractivity contribution is -0.140. The van der Waals surface area contributed by atoms with Gasteiger partial charge in [-0.1, -0.05) is 13.8 Å². The average molecular weight is 227 g/mol. The fourth-order valence-electron chi connectivity index (χ4n) is 1.15. The van der Waals surface area contributed by atoms with E-state index in [2.05, 4.69) is 5.32 Å². The highest BCUT2D eigenvalue weighted by Crippen LogP contribution is 2.20. The highest BCUT2D eigenvalue weighted by atomic mass is 19.4. The van der Waals surface area contributed by atoms with Crippen LogP contribution in [0.4, 0.5) is 13.2 Å². The molecule has 0 fully saturated rings. The van der Waals surface area contributed by atoms with Gasteiger partial charge in [0, 0.05) is 6.42 Å². The molecule has 0 aromatic rings. The number of rotatable bonds is 6. The van der Waals surface area contributed by atoms with E-state index < -0.39 is 24.6 Å². The molecule has 2 N–H and O–H groups in total. The molecular weight excluding hydrogens is 211 g/mol. The fourth-order valence-corrected chi connectivity index (χ4v) is 1.15. The minimum absolute atomic E-state index is 0.0641. The van der Waals surface area contributed by atoms with Gasteiger partial charge in [0.2, 0.25) is 0 Å². The summed E-state index contributed by atoms with van der Waals surface area (Å²) < 4.78 is 35.3. The molecule has 0 saturated carbocycles. The standard InChI is InChI=1S/C9H16F3NO2/c1-6(2)7(8(14)15)13-5-3-4-9(10,11)12/h6-7,13H,3-5H2,1-2H3,(H,14,15). The van der Waals surface area contributed by atoms with Crippen LogP contribution in [-0.4, -0.2) is 29.8 Å². The summed E-state index contributed by atoms with van der Waals surface area (Å²) in [6.45, 7) is 3.47. The Morgan fingerprint density at radius 3 is 2.27 bits per heavy atom. The molecule has 0 spiro atoms. The van der Waals surface area contributed by atoms with Gasteiger partial charge in [-0.05, 0) is 18.9 Å². The zero-order chi connectivity index (χ0) is 12.1. The van der Waals surface area contributed by atoms with Gasteiger partial charge >= 0.3 is 12.1 Å². The first-order chi connectivity index (χ1) is 6.74. The smallest absolute Gasteiger partial charge is 0.389 e. The normalized spacial score (nSPS) is 14.3. The molecule has 0 amide bonds. The van der Waals surface area contributed by atoms with Gasteiger partial charge in [0.1, 0.15) is 6.04 Å². The van der Waals surface area contributed by atoms with Crippen LogP contribution in [0.15, 0.2) is 0 Å². The second-order valence-electron chi connectivity index (χ2n) is 3.73. The molecule has 0 heterocycles. The van der Waals surface area contributed by atoms with Crippen LogP contribution in [0, 0.1) is 5.92 Å². The summed E-state index contributed by atoms with van der Waals surface area (Å²) in [6, 6.07) is -0.779. The summed E-state index contributed by atoms with van der Waals surface area (Å²) in [5.74, 6) is -1.18. The molecule has 0 aliphatic heterocycles. The van der Waals surface area contributed by atoms with Gasteiger partial charge in [0.25, 0.3) is 0 Å². The topological polar surface area (TPSA) is 49.3 Å². The minimum atomic E-state index is -4.17. The molecule has 0 aromatic carbocycles. The van der Waals surface area contributed by atoms with Crippen molar-refractivity contribution in [1.82, 2.24) is 5.32 Å². The van der Waals surface area contributed by atoms with Crippen molar-refractivity contribution in [3.05, 3.63) is 0 Å². The molecule has 6 heteroatoms. The van der Waals surface area contributed by atoms with E-state index >= 15 is 0 Å². The Morgan fingerprint density at radius 2 is 1.93 bits per heavy atom. The number of halogens is 3. The highest BCUT2D eigenvalue weighted by molar-refractivity contribution is 5.73. The van der Waals surface area contributed by atoms with Crippen molar-refractivity contribution in [3.63, 3.8) is 0 Å². The third-order valence-electron chi connectivity index (χ3n) is 1.93. The van der Waals surface area contributed by atoms with E-state index in [1.54, 1.807) is 13.8 Å². The van der Waals surface area contributed by atoms with Gasteiger partial charge < -0.3 is 10.4 Å². The highest BCUT2D eigenvalue weighted by Gasteiger charge is 2.26. The molecule has 0 aliphatic rings. The van der Waals surface area contributed by atoms with Gasteiger partial charge in [-0.25, -0.2) is 0 Å². The van der Waals surface area contributed by atoms with Gasteiger partial charge in [-0.2, -0.15) is 13.2 Å². The molecular formula is C9H16F3NO2. The van der Waals surface area contributed by atoms with E-state index in [0.717, 1.165) is 0 Å². The van der Waals surface area contributed by atoms with Crippen LogP contribution in [0.3, 0.4) is 0 Å². The molecule has 3 nitrogen and oxygen atoms in total. The number of hydrogen-bond acceptors (Lipinski definition) is 2. The van der Waals surface area contributed by atoms with Gasteiger partial charge in [-0.15, -0.1) is 0 Å². The van der Waals surface area contributed by atoms with Crippen LogP contribution in [0.2, 0.25) is 0 Å². The molecule has 1 unspecified atom stereocenters. The van der Waals surface area contributed by atoms with Crippen LogP contribution >= 0.6 is 0 Å². The lowest BCUT2D eigenvalue weighted by Crippen LogP contribution is -2.41. The Hall–Kier alpha value is -0.780. The molecule has 0 aliphatic carbocycles. The van der Waals surface area contributed by atoms with Crippen molar-refractivity contribution in [2.24, 2.45) is 5.92 Å². The fraction of sp³-hybridized carbons (Fsp3) is 0.889. The lowest BCUT2D eigenvalue weighted by Gasteiger charge is -2.17. The van der Waals surface area contributed by atoms with Crippen LogP contribution < -0.4 is 5.32 Å². The Balaban J connectivity index is 3.78. The van der Waals surface area contributed by atoms with Crippen LogP contribution in [-0.2, 0) is 4.79 Å². The SMILES string of the molecule is CC(C)C(NCCCC(F)(F)F)C(=O)O. The Morgan fingerprint density at radius 1 is 1.40 bits per heavy atom. The average Bonchev–Trinajstić information content (AvgIpc) is 2.00. The van der Waals surface area contributed by atoms with E-state index in [-0.39, 0.29) is 18.9 Å². The zero-order valence-corrected chi connectivity index (χ0v) is 8.77. The molecule has 0 radical (unpaired) electrons. The maximum absolute atomic E-state index is 11.8. The second-order valence-corrected chi connectivity index (χ2v) is 3.73. The zero-order valence-electron chi connectivity index (χ0n) is 8.77. The summed E-state index contributed by atoms with van der Waals surface area (Å²) in [4.78, 5) is 10.6. The number of carbonyl (C=O) groups is 1. The second kappa shape index (κ2) is 5.95. The summed E-state index contributed by atoms with van der Waals surface area (Å²) in [6.07, 6.45) is -5.15. The Kier molecular flexibility index (Phi) is 5.64. The van der Waals surface area contributed by atoms with E-state index in [0.29, 0.717) is 0 Å². The molecule has 0 rings (SSSR count). The maximum atomic E-state index is 11.8. The molecule has 0 bridgehead atoms.